The lowest BCUT2D eigenvalue weighted by atomic mass is 9.90. The molecule has 1 N–H and O–H groups in total. The molecule has 88 valence electrons. The number of ether oxygens (including phenoxy) is 1. The van der Waals surface area contributed by atoms with Crippen molar-refractivity contribution in [3.63, 3.8) is 0 Å². The fourth-order valence-electron chi connectivity index (χ4n) is 2.33. The highest BCUT2D eigenvalue weighted by Crippen LogP contribution is 2.32. The van der Waals surface area contributed by atoms with E-state index in [0.29, 0.717) is 0 Å². The number of rotatable bonds is 3. The Hall–Kier alpha value is -1.02. The average molecular weight is 219 g/mol. The highest BCUT2D eigenvalue weighted by atomic mass is 16.5. The SMILES string of the molecule is CC(C)Oc1cccc(C2(C)CCCN2)c1. The Kier molecular flexibility index (Phi) is 3.20. The Bertz CT molecular complexity index is 354. The summed E-state index contributed by atoms with van der Waals surface area (Å²) in [7, 11) is 0. The van der Waals surface area contributed by atoms with E-state index in [1.807, 2.05) is 6.07 Å². The molecule has 0 spiro atoms. The van der Waals surface area contributed by atoms with E-state index >= 15 is 0 Å². The number of hydrogen-bond donors (Lipinski definition) is 1. The van der Waals surface area contributed by atoms with Crippen molar-refractivity contribution in [1.82, 2.24) is 5.32 Å². The van der Waals surface area contributed by atoms with Crippen LogP contribution in [0.25, 0.3) is 0 Å². The molecule has 0 aliphatic carbocycles. The van der Waals surface area contributed by atoms with Crippen LogP contribution in [0.1, 0.15) is 39.2 Å². The van der Waals surface area contributed by atoms with Crippen LogP contribution in [0.2, 0.25) is 0 Å². The summed E-state index contributed by atoms with van der Waals surface area (Å²) in [5, 5.41) is 3.57. The summed E-state index contributed by atoms with van der Waals surface area (Å²) in [4.78, 5) is 0. The molecule has 2 rings (SSSR count). The molecule has 1 atom stereocenters. The van der Waals surface area contributed by atoms with Crippen molar-refractivity contribution in [3.8, 4) is 5.75 Å². The van der Waals surface area contributed by atoms with Gasteiger partial charge in [0.25, 0.3) is 0 Å². The third kappa shape index (κ3) is 2.38. The van der Waals surface area contributed by atoms with Gasteiger partial charge in [-0.15, -0.1) is 0 Å². The van der Waals surface area contributed by atoms with E-state index in [2.05, 4.69) is 44.3 Å². The van der Waals surface area contributed by atoms with Crippen LogP contribution < -0.4 is 10.1 Å². The van der Waals surface area contributed by atoms with Gasteiger partial charge in [-0.1, -0.05) is 12.1 Å². The molecule has 0 amide bonds. The molecule has 0 radical (unpaired) electrons. The normalized spacial score (nSPS) is 25.0. The van der Waals surface area contributed by atoms with E-state index in [9.17, 15) is 0 Å². The van der Waals surface area contributed by atoms with Crippen molar-refractivity contribution in [2.75, 3.05) is 6.54 Å². The summed E-state index contributed by atoms with van der Waals surface area (Å²) in [6.45, 7) is 7.50. The van der Waals surface area contributed by atoms with Crippen LogP contribution in [0, 0.1) is 0 Å². The Morgan fingerprint density at radius 3 is 2.81 bits per heavy atom. The molecule has 2 heteroatoms. The van der Waals surface area contributed by atoms with Gasteiger partial charge in [0, 0.05) is 5.54 Å². The second-order valence-corrected chi connectivity index (χ2v) is 5.06. The van der Waals surface area contributed by atoms with Gasteiger partial charge in [0.1, 0.15) is 5.75 Å². The number of nitrogens with one attached hydrogen (secondary N) is 1. The first kappa shape index (κ1) is 11.5. The van der Waals surface area contributed by atoms with Gasteiger partial charge in [0.05, 0.1) is 6.10 Å². The first-order chi connectivity index (χ1) is 7.60. The summed E-state index contributed by atoms with van der Waals surface area (Å²) in [5.41, 5.74) is 1.47. The zero-order valence-electron chi connectivity index (χ0n) is 10.4. The molecule has 1 unspecified atom stereocenters. The molecule has 1 heterocycles. The largest absolute Gasteiger partial charge is 0.491 e. The maximum Gasteiger partial charge on any atom is 0.120 e. The van der Waals surface area contributed by atoms with Crippen LogP contribution in [0.15, 0.2) is 24.3 Å². The van der Waals surface area contributed by atoms with Gasteiger partial charge >= 0.3 is 0 Å². The third-order valence-electron chi connectivity index (χ3n) is 3.21. The Morgan fingerprint density at radius 2 is 2.19 bits per heavy atom. The highest BCUT2D eigenvalue weighted by molar-refractivity contribution is 5.33. The first-order valence-electron chi connectivity index (χ1n) is 6.12. The van der Waals surface area contributed by atoms with Crippen LogP contribution >= 0.6 is 0 Å². The van der Waals surface area contributed by atoms with Gasteiger partial charge < -0.3 is 10.1 Å². The minimum Gasteiger partial charge on any atom is -0.491 e. The van der Waals surface area contributed by atoms with Gasteiger partial charge in [-0.3, -0.25) is 0 Å². The van der Waals surface area contributed by atoms with Crippen molar-refractivity contribution in [2.24, 2.45) is 0 Å². The van der Waals surface area contributed by atoms with Crippen LogP contribution in [0.5, 0.6) is 5.75 Å². The predicted octanol–water partition coefficient (Wildman–Crippen LogP) is 3.07. The smallest absolute Gasteiger partial charge is 0.120 e. The molecule has 1 aliphatic rings. The fourth-order valence-corrected chi connectivity index (χ4v) is 2.33. The van der Waals surface area contributed by atoms with Gasteiger partial charge in [-0.05, 0) is 57.9 Å². The van der Waals surface area contributed by atoms with Crippen LogP contribution in [-0.4, -0.2) is 12.6 Å². The van der Waals surface area contributed by atoms with E-state index < -0.39 is 0 Å². The van der Waals surface area contributed by atoms with Crippen molar-refractivity contribution < 1.29 is 4.74 Å². The standard InChI is InChI=1S/C14H21NO/c1-11(2)16-13-7-4-6-12(10-13)14(3)8-5-9-15-14/h4,6-7,10-11,15H,5,8-9H2,1-3H3. The Labute approximate surface area is 98.0 Å². The molecular weight excluding hydrogens is 198 g/mol. The van der Waals surface area contributed by atoms with E-state index in [1.165, 1.54) is 18.4 Å². The van der Waals surface area contributed by atoms with Crippen LogP contribution in [0.4, 0.5) is 0 Å². The van der Waals surface area contributed by atoms with Gasteiger partial charge in [-0.2, -0.15) is 0 Å². The fraction of sp³-hybridized carbons (Fsp3) is 0.571. The molecule has 16 heavy (non-hydrogen) atoms. The molecule has 0 bridgehead atoms. The quantitative estimate of drug-likeness (QED) is 0.843. The van der Waals surface area contributed by atoms with Crippen molar-refractivity contribution in [1.29, 1.82) is 0 Å². The van der Waals surface area contributed by atoms with Crippen LogP contribution in [-0.2, 0) is 5.54 Å². The Morgan fingerprint density at radius 1 is 1.38 bits per heavy atom. The molecule has 1 aromatic carbocycles. The minimum absolute atomic E-state index is 0.135. The lowest BCUT2D eigenvalue weighted by Gasteiger charge is -2.25. The zero-order chi connectivity index (χ0) is 11.6. The second kappa shape index (κ2) is 4.46. The van der Waals surface area contributed by atoms with E-state index in [4.69, 9.17) is 4.74 Å². The summed E-state index contributed by atoms with van der Waals surface area (Å²) >= 11 is 0. The van der Waals surface area contributed by atoms with Gasteiger partial charge in [0.2, 0.25) is 0 Å². The molecular formula is C14H21NO. The van der Waals surface area contributed by atoms with Gasteiger partial charge in [-0.25, -0.2) is 0 Å². The molecule has 0 saturated carbocycles. The molecule has 2 nitrogen and oxygen atoms in total. The predicted molar refractivity (Wildman–Crippen MR) is 66.8 cm³/mol. The average Bonchev–Trinajstić information content (AvgIpc) is 2.66. The van der Waals surface area contributed by atoms with E-state index in [-0.39, 0.29) is 11.6 Å². The maximum absolute atomic E-state index is 5.73. The van der Waals surface area contributed by atoms with Crippen molar-refractivity contribution >= 4 is 0 Å². The molecule has 1 aliphatic heterocycles. The number of benzene rings is 1. The van der Waals surface area contributed by atoms with Crippen molar-refractivity contribution in [2.45, 2.75) is 45.3 Å². The third-order valence-corrected chi connectivity index (χ3v) is 3.21. The monoisotopic (exact) mass is 219 g/mol. The topological polar surface area (TPSA) is 21.3 Å². The minimum atomic E-state index is 0.135. The first-order valence-corrected chi connectivity index (χ1v) is 6.12. The van der Waals surface area contributed by atoms with E-state index in [0.717, 1.165) is 12.3 Å². The van der Waals surface area contributed by atoms with E-state index in [1.54, 1.807) is 0 Å². The zero-order valence-corrected chi connectivity index (χ0v) is 10.4. The summed E-state index contributed by atoms with van der Waals surface area (Å²) in [6.07, 6.45) is 2.70. The summed E-state index contributed by atoms with van der Waals surface area (Å²) in [5.74, 6) is 0.974. The number of hydrogen-bond acceptors (Lipinski definition) is 2. The molecule has 1 aromatic rings. The lowest BCUT2D eigenvalue weighted by molar-refractivity contribution is 0.241. The van der Waals surface area contributed by atoms with Crippen LogP contribution in [0.3, 0.4) is 0 Å². The van der Waals surface area contributed by atoms with Crippen molar-refractivity contribution in [3.05, 3.63) is 29.8 Å². The van der Waals surface area contributed by atoms with Gasteiger partial charge in [0.15, 0.2) is 0 Å². The lowest BCUT2D eigenvalue weighted by Crippen LogP contribution is -2.33. The summed E-state index contributed by atoms with van der Waals surface area (Å²) in [6, 6.07) is 8.46. The molecule has 1 fully saturated rings. The highest BCUT2D eigenvalue weighted by Gasteiger charge is 2.29. The molecule has 0 aromatic heterocycles. The maximum atomic E-state index is 5.73. The summed E-state index contributed by atoms with van der Waals surface area (Å²) < 4.78 is 5.73. The second-order valence-electron chi connectivity index (χ2n) is 5.06. The Balaban J connectivity index is 2.21. The molecule has 1 saturated heterocycles.